The number of anilines is 2. The molecule has 0 unspecified atom stereocenters. The molecule has 10 heteroatoms. The van der Waals surface area contributed by atoms with Gasteiger partial charge in [-0.3, -0.25) is 14.9 Å². The number of rotatable bonds is 5. The predicted octanol–water partition coefficient (Wildman–Crippen LogP) is 4.83. The molecule has 0 aliphatic carbocycles. The number of hydrogen-bond acceptors (Lipinski definition) is 7. The van der Waals surface area contributed by atoms with E-state index in [0.29, 0.717) is 33.4 Å². The molecule has 0 aliphatic heterocycles. The maximum Gasteiger partial charge on any atom is 0.270 e. The normalized spacial score (nSPS) is 11.4. The molecule has 0 saturated carbocycles. The maximum absolute atomic E-state index is 13.5. The molecular formula is C26H21N7O3. The average Bonchev–Trinajstić information content (AvgIpc) is 3.13. The predicted molar refractivity (Wildman–Crippen MR) is 139 cm³/mol. The van der Waals surface area contributed by atoms with Crippen LogP contribution < -0.4 is 11.1 Å². The molecule has 0 saturated heterocycles. The number of carbonyl (C=O) groups excluding carboxylic acids is 1. The molecule has 2 heterocycles. The summed E-state index contributed by atoms with van der Waals surface area (Å²) in [6.07, 6.45) is 1.42. The van der Waals surface area contributed by atoms with E-state index in [4.69, 9.17) is 5.73 Å². The van der Waals surface area contributed by atoms with Crippen LogP contribution in [0.25, 0.3) is 22.2 Å². The number of nitro groups is 1. The molecule has 0 atom stereocenters. The van der Waals surface area contributed by atoms with Crippen molar-refractivity contribution in [2.75, 3.05) is 11.1 Å². The quantitative estimate of drug-likeness (QED) is 0.210. The molecule has 3 N–H and O–H groups in total. The molecule has 10 nitrogen and oxygen atoms in total. The lowest BCUT2D eigenvalue weighted by molar-refractivity contribution is -0.384. The number of aryl methyl sites for hydroxylation is 2. The number of non-ortho nitro benzene ring substituents is 1. The van der Waals surface area contributed by atoms with Gasteiger partial charge in [0.05, 0.1) is 22.2 Å². The van der Waals surface area contributed by atoms with Gasteiger partial charge in [0.1, 0.15) is 16.9 Å². The lowest BCUT2D eigenvalue weighted by atomic mass is 10.1. The fourth-order valence-electron chi connectivity index (χ4n) is 3.89. The van der Waals surface area contributed by atoms with E-state index in [2.05, 4.69) is 20.4 Å². The first-order chi connectivity index (χ1) is 17.3. The van der Waals surface area contributed by atoms with Crippen molar-refractivity contribution in [1.29, 1.82) is 0 Å². The van der Waals surface area contributed by atoms with Crippen LogP contribution in [0.1, 0.15) is 27.0 Å². The number of nitrogen functional groups attached to an aromatic ring is 1. The van der Waals surface area contributed by atoms with E-state index in [1.54, 1.807) is 24.3 Å². The molecule has 5 aromatic rings. The Morgan fingerprint density at radius 3 is 2.56 bits per heavy atom. The number of aromatic nitrogens is 3. The van der Waals surface area contributed by atoms with Gasteiger partial charge < -0.3 is 11.1 Å². The summed E-state index contributed by atoms with van der Waals surface area (Å²) in [5, 5.41) is 18.5. The Morgan fingerprint density at radius 1 is 1.06 bits per heavy atom. The molecule has 36 heavy (non-hydrogen) atoms. The zero-order valence-electron chi connectivity index (χ0n) is 19.5. The van der Waals surface area contributed by atoms with Gasteiger partial charge in [-0.2, -0.15) is 9.78 Å². The zero-order valence-corrected chi connectivity index (χ0v) is 19.5. The fraction of sp³-hybridized carbons (Fsp3) is 0.0769. The lowest BCUT2D eigenvalue weighted by Gasteiger charge is -2.09. The third-order valence-electron chi connectivity index (χ3n) is 5.75. The van der Waals surface area contributed by atoms with Crippen LogP contribution in [0.4, 0.5) is 17.2 Å². The van der Waals surface area contributed by atoms with Crippen LogP contribution in [0.3, 0.4) is 0 Å². The second-order valence-corrected chi connectivity index (χ2v) is 8.33. The number of hydrogen-bond donors (Lipinski definition) is 2. The number of benzene rings is 3. The molecule has 178 valence electrons. The number of nitro benzene ring substituents is 1. The number of amides is 1. The summed E-state index contributed by atoms with van der Waals surface area (Å²) < 4.78 is 1.33. The molecule has 0 aliphatic rings. The number of fused-ring (bicyclic) bond motifs is 2. The molecule has 5 rings (SSSR count). The van der Waals surface area contributed by atoms with Crippen LogP contribution in [-0.2, 0) is 0 Å². The average molecular weight is 480 g/mol. The van der Waals surface area contributed by atoms with Crippen molar-refractivity contribution in [1.82, 2.24) is 14.6 Å². The minimum absolute atomic E-state index is 0.0461. The largest absolute Gasteiger partial charge is 0.383 e. The molecule has 0 radical (unpaired) electrons. The van der Waals surface area contributed by atoms with Crippen LogP contribution in [0.5, 0.6) is 0 Å². The van der Waals surface area contributed by atoms with Crippen molar-refractivity contribution in [2.24, 2.45) is 5.10 Å². The molecule has 0 bridgehead atoms. The van der Waals surface area contributed by atoms with Crippen molar-refractivity contribution >= 4 is 51.5 Å². The van der Waals surface area contributed by atoms with Gasteiger partial charge in [-0.25, -0.2) is 9.97 Å². The van der Waals surface area contributed by atoms with Gasteiger partial charge in [0.2, 0.25) is 0 Å². The number of nitrogens with two attached hydrogens (primary N) is 1. The number of nitrogens with one attached hydrogen (secondary N) is 1. The highest BCUT2D eigenvalue weighted by atomic mass is 16.6. The van der Waals surface area contributed by atoms with Crippen LogP contribution in [0.2, 0.25) is 0 Å². The highest BCUT2D eigenvalue weighted by molar-refractivity contribution is 6.16. The molecule has 0 spiro atoms. The summed E-state index contributed by atoms with van der Waals surface area (Å²) in [5.74, 6) is -0.398. The highest BCUT2D eigenvalue weighted by Gasteiger charge is 2.24. The zero-order chi connectivity index (χ0) is 25.4. The SMILES string of the molecule is Cc1ccc(C)c(NC(=O)c2c(N)n(N=Cc3cccc([N+](=O)[O-])c3)c3nc4ccccc4nc23)c1. The third-order valence-corrected chi connectivity index (χ3v) is 5.75. The van der Waals surface area contributed by atoms with Crippen molar-refractivity contribution in [2.45, 2.75) is 13.8 Å². The minimum atomic E-state index is -0.482. The monoisotopic (exact) mass is 479 g/mol. The summed E-state index contributed by atoms with van der Waals surface area (Å²) in [7, 11) is 0. The lowest BCUT2D eigenvalue weighted by Crippen LogP contribution is -2.15. The summed E-state index contributed by atoms with van der Waals surface area (Å²) in [4.78, 5) is 33.4. The van der Waals surface area contributed by atoms with Crippen LogP contribution in [-0.4, -0.2) is 31.7 Å². The highest BCUT2D eigenvalue weighted by Crippen LogP contribution is 2.29. The Bertz CT molecular complexity index is 1710. The van der Waals surface area contributed by atoms with Gasteiger partial charge in [-0.1, -0.05) is 36.4 Å². The Labute approximate surface area is 205 Å². The molecule has 2 aromatic heterocycles. The summed E-state index contributed by atoms with van der Waals surface area (Å²) >= 11 is 0. The second kappa shape index (κ2) is 8.91. The van der Waals surface area contributed by atoms with E-state index >= 15 is 0 Å². The third kappa shape index (κ3) is 4.11. The van der Waals surface area contributed by atoms with Crippen molar-refractivity contribution < 1.29 is 9.72 Å². The van der Waals surface area contributed by atoms with Crippen LogP contribution in [0.15, 0.2) is 71.8 Å². The van der Waals surface area contributed by atoms with Gasteiger partial charge in [0.25, 0.3) is 11.6 Å². The standard InChI is InChI=1S/C26H21N7O3/c1-15-10-11-16(2)21(12-15)31-26(34)22-23-25(30-20-9-4-3-8-19(20)29-23)32(24(22)27)28-14-17-6-5-7-18(13-17)33(35)36/h3-14H,27H2,1-2H3,(H,31,34). The van der Waals surface area contributed by atoms with E-state index in [-0.39, 0.29) is 17.1 Å². The van der Waals surface area contributed by atoms with Crippen molar-refractivity contribution in [3.8, 4) is 0 Å². The topological polar surface area (TPSA) is 141 Å². The van der Waals surface area contributed by atoms with Gasteiger partial charge in [-0.15, -0.1) is 0 Å². The minimum Gasteiger partial charge on any atom is -0.383 e. The Kier molecular flexibility index (Phi) is 5.61. The first kappa shape index (κ1) is 22.7. The second-order valence-electron chi connectivity index (χ2n) is 8.33. The summed E-state index contributed by atoms with van der Waals surface area (Å²) in [5.41, 5.74) is 11.4. The van der Waals surface area contributed by atoms with Crippen molar-refractivity contribution in [3.05, 3.63) is 99.1 Å². The molecule has 3 aromatic carbocycles. The van der Waals surface area contributed by atoms with Gasteiger partial charge >= 0.3 is 0 Å². The molecule has 1 amide bonds. The smallest absolute Gasteiger partial charge is 0.270 e. The Hall–Kier alpha value is -5.12. The van der Waals surface area contributed by atoms with Crippen molar-refractivity contribution in [3.63, 3.8) is 0 Å². The van der Waals surface area contributed by atoms with E-state index in [1.807, 2.05) is 44.2 Å². The van der Waals surface area contributed by atoms with Crippen LogP contribution in [0, 0.1) is 24.0 Å². The van der Waals surface area contributed by atoms with E-state index in [0.717, 1.165) is 11.1 Å². The molecule has 0 fully saturated rings. The Balaban J connectivity index is 1.66. The van der Waals surface area contributed by atoms with E-state index in [1.165, 1.54) is 23.0 Å². The first-order valence-electron chi connectivity index (χ1n) is 11.1. The number of para-hydroxylation sites is 2. The number of carbonyl (C=O) groups is 1. The van der Waals surface area contributed by atoms with Gasteiger partial charge in [-0.05, 0) is 43.2 Å². The first-order valence-corrected chi connectivity index (χ1v) is 11.1. The van der Waals surface area contributed by atoms with E-state index in [9.17, 15) is 14.9 Å². The van der Waals surface area contributed by atoms with Crippen LogP contribution >= 0.6 is 0 Å². The Morgan fingerprint density at radius 2 is 1.81 bits per heavy atom. The molecular weight excluding hydrogens is 458 g/mol. The maximum atomic E-state index is 13.5. The van der Waals surface area contributed by atoms with Gasteiger partial charge in [0.15, 0.2) is 5.65 Å². The number of nitrogens with zero attached hydrogens (tertiary/aromatic N) is 5. The van der Waals surface area contributed by atoms with E-state index < -0.39 is 10.8 Å². The summed E-state index contributed by atoms with van der Waals surface area (Å²) in [6, 6.07) is 19.1. The summed E-state index contributed by atoms with van der Waals surface area (Å²) in [6.45, 7) is 3.84. The van der Waals surface area contributed by atoms with Gasteiger partial charge in [0, 0.05) is 23.4 Å². The fourth-order valence-corrected chi connectivity index (χ4v) is 3.89.